The number of imidazole rings is 1. The predicted molar refractivity (Wildman–Crippen MR) is 97.1 cm³/mol. The van der Waals surface area contributed by atoms with E-state index >= 15 is 0 Å². The number of rotatable bonds is 6. The van der Waals surface area contributed by atoms with Gasteiger partial charge in [-0.15, -0.1) is 0 Å². The van der Waals surface area contributed by atoms with Gasteiger partial charge in [0.2, 0.25) is 0 Å². The van der Waals surface area contributed by atoms with Crippen molar-refractivity contribution in [3.8, 4) is 0 Å². The van der Waals surface area contributed by atoms with Gasteiger partial charge in [0.05, 0.1) is 19.4 Å². The Morgan fingerprint density at radius 1 is 1.15 bits per heavy atom. The van der Waals surface area contributed by atoms with E-state index in [0.29, 0.717) is 0 Å². The predicted octanol–water partition coefficient (Wildman–Crippen LogP) is 0.740. The van der Waals surface area contributed by atoms with E-state index in [0.717, 1.165) is 10.1 Å². The zero-order chi connectivity index (χ0) is 18.7. The lowest BCUT2D eigenvalue weighted by Gasteiger charge is -2.16. The van der Waals surface area contributed by atoms with Crippen LogP contribution in [0.25, 0.3) is 0 Å². The second-order valence-corrected chi connectivity index (χ2v) is 5.82. The number of hydrogen-bond acceptors (Lipinski definition) is 5. The standard InChI is InChI=1S/C18H19N5O3/c1-2-22-17(25)15(14(24)11-21-9-8-20-12-21)16(19)23(18(22)26)10-13-6-4-3-5-7-13/h3-9,12H,2,10-11,19H2,1H3. The van der Waals surface area contributed by atoms with E-state index in [9.17, 15) is 14.4 Å². The number of Topliss-reactive ketones (excluding diaryl/α,β-unsaturated/α-hetero) is 1. The summed E-state index contributed by atoms with van der Waals surface area (Å²) in [6, 6.07) is 9.25. The Bertz CT molecular complexity index is 1030. The second-order valence-electron chi connectivity index (χ2n) is 5.82. The van der Waals surface area contributed by atoms with Crippen molar-refractivity contribution in [3.05, 3.63) is 81.0 Å². The number of benzene rings is 1. The molecule has 0 amide bonds. The summed E-state index contributed by atoms with van der Waals surface area (Å²) < 4.78 is 3.84. The molecule has 1 aromatic carbocycles. The number of carbonyl (C=O) groups excluding carboxylic acids is 1. The maximum absolute atomic E-state index is 12.7. The minimum absolute atomic E-state index is 0.0767. The Morgan fingerprint density at radius 2 is 1.88 bits per heavy atom. The van der Waals surface area contributed by atoms with Gasteiger partial charge in [-0.25, -0.2) is 9.78 Å². The summed E-state index contributed by atoms with van der Waals surface area (Å²) in [4.78, 5) is 41.9. The molecule has 0 aliphatic heterocycles. The van der Waals surface area contributed by atoms with Crippen LogP contribution in [-0.4, -0.2) is 24.5 Å². The molecular weight excluding hydrogens is 334 g/mol. The smallest absolute Gasteiger partial charge is 0.332 e. The molecule has 2 N–H and O–H groups in total. The fraction of sp³-hybridized carbons (Fsp3) is 0.222. The molecule has 2 aromatic heterocycles. The highest BCUT2D eigenvalue weighted by atomic mass is 16.2. The van der Waals surface area contributed by atoms with Crippen molar-refractivity contribution in [2.75, 3.05) is 5.73 Å². The first kappa shape index (κ1) is 17.4. The van der Waals surface area contributed by atoms with Gasteiger partial charge >= 0.3 is 5.69 Å². The van der Waals surface area contributed by atoms with Gasteiger partial charge in [0.25, 0.3) is 5.56 Å². The average Bonchev–Trinajstić information content (AvgIpc) is 3.13. The van der Waals surface area contributed by atoms with Gasteiger partial charge in [-0.2, -0.15) is 0 Å². The Kier molecular flexibility index (Phi) is 4.83. The monoisotopic (exact) mass is 353 g/mol. The molecule has 3 aromatic rings. The molecule has 0 bridgehead atoms. The van der Waals surface area contributed by atoms with Crippen LogP contribution in [-0.2, 0) is 19.6 Å². The largest absolute Gasteiger partial charge is 0.384 e. The topological polar surface area (TPSA) is 105 Å². The lowest BCUT2D eigenvalue weighted by molar-refractivity contribution is 0.0970. The summed E-state index contributed by atoms with van der Waals surface area (Å²) in [5.41, 5.74) is 5.57. The summed E-state index contributed by atoms with van der Waals surface area (Å²) in [5.74, 6) is -0.576. The highest BCUT2D eigenvalue weighted by molar-refractivity contribution is 5.99. The number of carbonyl (C=O) groups is 1. The van der Waals surface area contributed by atoms with Gasteiger partial charge in [-0.3, -0.25) is 18.7 Å². The van der Waals surface area contributed by atoms with E-state index in [1.807, 2.05) is 30.3 Å². The van der Waals surface area contributed by atoms with E-state index in [1.54, 1.807) is 17.7 Å². The van der Waals surface area contributed by atoms with E-state index < -0.39 is 17.0 Å². The van der Waals surface area contributed by atoms with Crippen molar-refractivity contribution in [2.45, 2.75) is 26.6 Å². The molecule has 0 aliphatic carbocycles. The summed E-state index contributed by atoms with van der Waals surface area (Å²) >= 11 is 0. The maximum Gasteiger partial charge on any atom is 0.332 e. The molecule has 0 spiro atoms. The quantitative estimate of drug-likeness (QED) is 0.658. The van der Waals surface area contributed by atoms with Gasteiger partial charge < -0.3 is 10.3 Å². The zero-order valence-corrected chi connectivity index (χ0v) is 14.3. The minimum Gasteiger partial charge on any atom is -0.384 e. The van der Waals surface area contributed by atoms with Crippen LogP contribution in [0.4, 0.5) is 5.82 Å². The number of hydrogen-bond donors (Lipinski definition) is 1. The number of nitrogens with two attached hydrogens (primary N) is 1. The molecule has 8 nitrogen and oxygen atoms in total. The fourth-order valence-corrected chi connectivity index (χ4v) is 2.80. The number of ketones is 1. The molecule has 0 fully saturated rings. The summed E-state index contributed by atoms with van der Waals surface area (Å²) in [6.45, 7) is 1.93. The highest BCUT2D eigenvalue weighted by Crippen LogP contribution is 2.10. The third kappa shape index (κ3) is 3.21. The van der Waals surface area contributed by atoms with E-state index in [1.165, 1.54) is 17.1 Å². The SMILES string of the molecule is CCn1c(=O)c(C(=O)Cn2ccnc2)c(N)n(Cc2ccccc2)c1=O. The van der Waals surface area contributed by atoms with E-state index in [2.05, 4.69) is 4.98 Å². The molecule has 0 unspecified atom stereocenters. The Hall–Kier alpha value is -3.42. The number of anilines is 1. The zero-order valence-electron chi connectivity index (χ0n) is 14.3. The van der Waals surface area contributed by atoms with Crippen LogP contribution in [0, 0.1) is 0 Å². The normalized spacial score (nSPS) is 10.8. The number of nitrogens with zero attached hydrogens (tertiary/aromatic N) is 4. The van der Waals surface area contributed by atoms with Crippen molar-refractivity contribution in [1.82, 2.24) is 18.7 Å². The first-order chi connectivity index (χ1) is 12.5. The number of nitrogen functional groups attached to an aromatic ring is 1. The van der Waals surface area contributed by atoms with Gasteiger partial charge in [0.1, 0.15) is 11.4 Å². The first-order valence-corrected chi connectivity index (χ1v) is 8.19. The third-order valence-corrected chi connectivity index (χ3v) is 4.13. The van der Waals surface area contributed by atoms with Crippen molar-refractivity contribution in [3.63, 3.8) is 0 Å². The van der Waals surface area contributed by atoms with Crippen LogP contribution < -0.4 is 17.0 Å². The summed E-state index contributed by atoms with van der Waals surface area (Å²) in [6.07, 6.45) is 4.64. The molecule has 0 aliphatic rings. The van der Waals surface area contributed by atoms with Crippen LogP contribution >= 0.6 is 0 Å². The molecule has 0 saturated heterocycles. The molecule has 26 heavy (non-hydrogen) atoms. The second kappa shape index (κ2) is 7.22. The van der Waals surface area contributed by atoms with E-state index in [4.69, 9.17) is 5.73 Å². The molecule has 2 heterocycles. The van der Waals surface area contributed by atoms with Gasteiger partial charge in [-0.05, 0) is 12.5 Å². The lowest BCUT2D eigenvalue weighted by Crippen LogP contribution is -2.44. The lowest BCUT2D eigenvalue weighted by atomic mass is 10.1. The van der Waals surface area contributed by atoms with Crippen LogP contribution in [0.5, 0.6) is 0 Å². The average molecular weight is 353 g/mol. The van der Waals surface area contributed by atoms with Crippen molar-refractivity contribution in [1.29, 1.82) is 0 Å². The molecular formula is C18H19N5O3. The van der Waals surface area contributed by atoms with Gasteiger partial charge in [0.15, 0.2) is 5.78 Å². The minimum atomic E-state index is -0.663. The number of aromatic nitrogens is 4. The Balaban J connectivity index is 2.12. The van der Waals surface area contributed by atoms with Crippen molar-refractivity contribution in [2.24, 2.45) is 0 Å². The van der Waals surface area contributed by atoms with Gasteiger partial charge in [0, 0.05) is 18.9 Å². The van der Waals surface area contributed by atoms with E-state index in [-0.39, 0.29) is 31.0 Å². The molecule has 0 saturated carbocycles. The molecule has 3 rings (SSSR count). The third-order valence-electron chi connectivity index (χ3n) is 4.13. The molecule has 0 radical (unpaired) electrons. The first-order valence-electron chi connectivity index (χ1n) is 8.19. The highest BCUT2D eigenvalue weighted by Gasteiger charge is 2.22. The molecule has 134 valence electrons. The van der Waals surface area contributed by atoms with Crippen LogP contribution in [0.1, 0.15) is 22.8 Å². The molecule has 8 heteroatoms. The maximum atomic E-state index is 12.7. The van der Waals surface area contributed by atoms with Crippen LogP contribution in [0.2, 0.25) is 0 Å². The fourth-order valence-electron chi connectivity index (χ4n) is 2.80. The van der Waals surface area contributed by atoms with Crippen LogP contribution in [0.15, 0.2) is 58.6 Å². The van der Waals surface area contributed by atoms with Gasteiger partial charge in [-0.1, -0.05) is 30.3 Å². The molecule has 0 atom stereocenters. The summed E-state index contributed by atoms with van der Waals surface area (Å²) in [5, 5.41) is 0. The van der Waals surface area contributed by atoms with Crippen molar-refractivity contribution >= 4 is 11.6 Å². The van der Waals surface area contributed by atoms with Crippen LogP contribution in [0.3, 0.4) is 0 Å². The Morgan fingerprint density at radius 3 is 2.50 bits per heavy atom. The van der Waals surface area contributed by atoms with Crippen molar-refractivity contribution < 1.29 is 4.79 Å². The Labute approximate surface area is 149 Å². The summed E-state index contributed by atoms with van der Waals surface area (Å²) in [7, 11) is 0.